The Morgan fingerprint density at radius 2 is 2.07 bits per heavy atom. The van der Waals surface area contributed by atoms with Crippen molar-refractivity contribution in [3.05, 3.63) is 36.2 Å². The Morgan fingerprint density at radius 3 is 2.93 bits per heavy atom. The highest BCUT2D eigenvalue weighted by atomic mass is 16.2. The molecule has 1 atom stereocenters. The van der Waals surface area contributed by atoms with Gasteiger partial charge in [-0.15, -0.1) is 10.2 Å². The molecule has 1 unspecified atom stereocenters. The Morgan fingerprint density at radius 1 is 1.18 bits per heavy atom. The van der Waals surface area contributed by atoms with E-state index in [4.69, 9.17) is 0 Å². The fourth-order valence-electron chi connectivity index (χ4n) is 4.44. The number of likely N-dealkylation sites (tertiary alicyclic amines) is 1. The van der Waals surface area contributed by atoms with Gasteiger partial charge in [-0.3, -0.25) is 9.48 Å². The van der Waals surface area contributed by atoms with Crippen LogP contribution in [0.3, 0.4) is 0 Å². The highest BCUT2D eigenvalue weighted by molar-refractivity contribution is 5.90. The van der Waals surface area contributed by atoms with Gasteiger partial charge in [0.15, 0.2) is 0 Å². The maximum atomic E-state index is 12.9. The van der Waals surface area contributed by atoms with Crippen molar-refractivity contribution >= 4 is 11.7 Å². The molecule has 9 nitrogen and oxygen atoms in total. The van der Waals surface area contributed by atoms with E-state index in [-0.39, 0.29) is 11.7 Å². The third-order valence-corrected chi connectivity index (χ3v) is 5.89. The van der Waals surface area contributed by atoms with Crippen molar-refractivity contribution in [1.82, 2.24) is 39.5 Å². The molecule has 0 bridgehead atoms. The van der Waals surface area contributed by atoms with Gasteiger partial charge in [-0.2, -0.15) is 4.98 Å². The smallest absolute Gasteiger partial charge is 0.293 e. The van der Waals surface area contributed by atoms with Gasteiger partial charge in [-0.1, -0.05) is 18.1 Å². The number of hydrogen-bond donors (Lipinski definition) is 0. The van der Waals surface area contributed by atoms with Gasteiger partial charge < -0.3 is 4.90 Å². The molecular weight excluding hydrogens is 356 g/mol. The summed E-state index contributed by atoms with van der Waals surface area (Å²) in [5.41, 5.74) is 1.13. The number of aromatic nitrogens is 7. The molecule has 146 valence electrons. The molecule has 1 amide bonds. The van der Waals surface area contributed by atoms with Crippen molar-refractivity contribution in [2.24, 2.45) is 5.92 Å². The van der Waals surface area contributed by atoms with Crippen LogP contribution in [0.5, 0.6) is 0 Å². The van der Waals surface area contributed by atoms with Crippen LogP contribution in [0.15, 0.2) is 24.7 Å². The van der Waals surface area contributed by atoms with E-state index in [1.807, 2.05) is 9.58 Å². The van der Waals surface area contributed by atoms with Gasteiger partial charge in [0.1, 0.15) is 0 Å². The topological polar surface area (TPSA) is 94.1 Å². The molecule has 4 heterocycles. The number of rotatable bonds is 4. The molecule has 0 radical (unpaired) electrons. The summed E-state index contributed by atoms with van der Waals surface area (Å²) in [5.74, 6) is 1.48. The second-order valence-electron chi connectivity index (χ2n) is 7.91. The first-order valence-electron chi connectivity index (χ1n) is 10.1. The zero-order valence-electron chi connectivity index (χ0n) is 15.8. The molecule has 28 heavy (non-hydrogen) atoms. The van der Waals surface area contributed by atoms with E-state index in [1.54, 1.807) is 18.5 Å². The van der Waals surface area contributed by atoms with E-state index >= 15 is 0 Å². The summed E-state index contributed by atoms with van der Waals surface area (Å²) >= 11 is 0. The molecule has 5 rings (SSSR count). The summed E-state index contributed by atoms with van der Waals surface area (Å²) in [6.45, 7) is 2.23. The highest BCUT2D eigenvalue weighted by Crippen LogP contribution is 2.32. The lowest BCUT2D eigenvalue weighted by atomic mass is 9.98. The van der Waals surface area contributed by atoms with Crippen molar-refractivity contribution < 1.29 is 4.79 Å². The zero-order valence-corrected chi connectivity index (χ0v) is 15.8. The Kier molecular flexibility index (Phi) is 4.50. The van der Waals surface area contributed by atoms with Crippen LogP contribution in [-0.4, -0.2) is 58.5 Å². The van der Waals surface area contributed by atoms with E-state index in [0.717, 1.165) is 31.6 Å². The lowest BCUT2D eigenvalue weighted by Gasteiger charge is -2.31. The minimum atomic E-state index is -0.125. The summed E-state index contributed by atoms with van der Waals surface area (Å²) in [6, 6.07) is 1.77. The summed E-state index contributed by atoms with van der Waals surface area (Å²) in [5, 5.41) is 13.0. The molecule has 2 aliphatic rings. The molecule has 1 saturated carbocycles. The number of nitrogens with zero attached hydrogens (tertiary/aromatic N) is 8. The van der Waals surface area contributed by atoms with Gasteiger partial charge in [0.05, 0.1) is 5.69 Å². The van der Waals surface area contributed by atoms with E-state index < -0.39 is 0 Å². The second-order valence-corrected chi connectivity index (χ2v) is 7.91. The van der Waals surface area contributed by atoms with Crippen molar-refractivity contribution in [1.29, 1.82) is 0 Å². The first-order valence-corrected chi connectivity index (χ1v) is 10.1. The predicted molar refractivity (Wildman–Crippen MR) is 101 cm³/mol. The molecule has 3 aromatic heterocycles. The van der Waals surface area contributed by atoms with E-state index in [9.17, 15) is 4.79 Å². The van der Waals surface area contributed by atoms with Crippen molar-refractivity contribution in [3.8, 4) is 0 Å². The first kappa shape index (κ1) is 17.3. The standard InChI is InChI=1S/C19H24N8O/c28-18(17-21-19-20-8-4-10-27(19)23-17)25-9-3-5-14(11-25)12-26-13-16(22-24-26)15-6-1-2-7-15/h4,8,10,13-15H,1-3,5-7,9,11-12H2. The SMILES string of the molecule is O=C(c1nc2ncccn2n1)N1CCCC(Cn2cc(C3CCCC3)nn2)C1. The average Bonchev–Trinajstić information content (AvgIpc) is 3.47. The van der Waals surface area contributed by atoms with E-state index in [0.29, 0.717) is 24.2 Å². The van der Waals surface area contributed by atoms with E-state index in [2.05, 4.69) is 31.6 Å². The van der Waals surface area contributed by atoms with Gasteiger partial charge in [0, 0.05) is 44.1 Å². The van der Waals surface area contributed by atoms with Crippen LogP contribution >= 0.6 is 0 Å². The molecule has 1 aliphatic carbocycles. The predicted octanol–water partition coefficient (Wildman–Crippen LogP) is 1.93. The lowest BCUT2D eigenvalue weighted by Crippen LogP contribution is -2.41. The monoisotopic (exact) mass is 380 g/mol. The summed E-state index contributed by atoms with van der Waals surface area (Å²) in [4.78, 5) is 23.1. The van der Waals surface area contributed by atoms with Crippen molar-refractivity contribution in [2.45, 2.75) is 51.0 Å². The number of hydrogen-bond acceptors (Lipinski definition) is 6. The number of fused-ring (bicyclic) bond motifs is 1. The molecule has 1 aliphatic heterocycles. The Hall–Kier alpha value is -2.84. The molecule has 1 saturated heterocycles. The second kappa shape index (κ2) is 7.29. The van der Waals surface area contributed by atoms with Crippen LogP contribution in [0.1, 0.15) is 60.8 Å². The van der Waals surface area contributed by atoms with Crippen LogP contribution in [-0.2, 0) is 6.54 Å². The van der Waals surface area contributed by atoms with Crippen LogP contribution < -0.4 is 0 Å². The Labute approximate surface area is 162 Å². The minimum Gasteiger partial charge on any atom is -0.336 e. The highest BCUT2D eigenvalue weighted by Gasteiger charge is 2.28. The fraction of sp³-hybridized carbons (Fsp3) is 0.579. The van der Waals surface area contributed by atoms with Gasteiger partial charge in [-0.25, -0.2) is 9.50 Å². The zero-order chi connectivity index (χ0) is 18.9. The molecule has 2 fully saturated rings. The summed E-state index contributed by atoms with van der Waals surface area (Å²) in [7, 11) is 0. The number of carbonyl (C=O) groups is 1. The molecule has 0 spiro atoms. The number of carbonyl (C=O) groups excluding carboxylic acids is 1. The molecule has 9 heteroatoms. The quantitative estimate of drug-likeness (QED) is 0.686. The van der Waals surface area contributed by atoms with Gasteiger partial charge >= 0.3 is 0 Å². The van der Waals surface area contributed by atoms with Gasteiger partial charge in [0.2, 0.25) is 5.82 Å². The maximum Gasteiger partial charge on any atom is 0.293 e. The van der Waals surface area contributed by atoms with Crippen LogP contribution in [0.2, 0.25) is 0 Å². The van der Waals surface area contributed by atoms with Gasteiger partial charge in [0.25, 0.3) is 11.7 Å². The molecule has 3 aromatic rings. The average molecular weight is 380 g/mol. The fourth-order valence-corrected chi connectivity index (χ4v) is 4.44. The van der Waals surface area contributed by atoms with Crippen molar-refractivity contribution in [3.63, 3.8) is 0 Å². The largest absolute Gasteiger partial charge is 0.336 e. The van der Waals surface area contributed by atoms with Crippen LogP contribution in [0.25, 0.3) is 5.78 Å². The van der Waals surface area contributed by atoms with Crippen LogP contribution in [0.4, 0.5) is 0 Å². The Bertz CT molecular complexity index is 940. The van der Waals surface area contributed by atoms with Crippen molar-refractivity contribution in [2.75, 3.05) is 13.1 Å². The molecule has 0 aromatic carbocycles. The summed E-state index contributed by atoms with van der Waals surface area (Å²) < 4.78 is 3.49. The Balaban J connectivity index is 1.25. The molecule has 0 N–H and O–H groups in total. The van der Waals surface area contributed by atoms with Gasteiger partial charge in [-0.05, 0) is 37.7 Å². The lowest BCUT2D eigenvalue weighted by molar-refractivity contribution is 0.0647. The normalized spacial score (nSPS) is 20.9. The minimum absolute atomic E-state index is 0.125. The third kappa shape index (κ3) is 3.36. The van der Waals surface area contributed by atoms with E-state index in [1.165, 1.54) is 30.2 Å². The number of piperidine rings is 1. The first-order chi connectivity index (χ1) is 13.8. The maximum absolute atomic E-state index is 12.9. The van der Waals surface area contributed by atoms with Crippen LogP contribution in [0, 0.1) is 5.92 Å². The molecular formula is C19H24N8O. The summed E-state index contributed by atoms with van der Waals surface area (Å²) in [6.07, 6.45) is 12.6. The number of amides is 1. The third-order valence-electron chi connectivity index (χ3n) is 5.89.